The maximum Gasteiger partial charge on any atom is 0.328 e. The fraction of sp³-hybridized carbons (Fsp3) is 0.625. The highest BCUT2D eigenvalue weighted by Gasteiger charge is 2.18. The molecule has 0 atom stereocenters. The van der Waals surface area contributed by atoms with Gasteiger partial charge in [-0.2, -0.15) is 4.68 Å². The third-order valence-corrected chi connectivity index (χ3v) is 3.12. The fourth-order valence-corrected chi connectivity index (χ4v) is 2.17. The van der Waals surface area contributed by atoms with Gasteiger partial charge in [-0.25, -0.2) is 0 Å². The van der Waals surface area contributed by atoms with Gasteiger partial charge in [0, 0.05) is 26.2 Å². The zero-order valence-electron chi connectivity index (χ0n) is 8.01. The topological polar surface area (TPSA) is 48.7 Å². The van der Waals surface area contributed by atoms with Crippen LogP contribution in [0.15, 0.2) is 10.2 Å². The van der Waals surface area contributed by atoms with E-state index in [-0.39, 0.29) is 10.8 Å². The van der Waals surface area contributed by atoms with Crippen LogP contribution in [0.1, 0.15) is 0 Å². The monoisotopic (exact) mass is 215 g/mol. The van der Waals surface area contributed by atoms with Gasteiger partial charge in [0.1, 0.15) is 0 Å². The van der Waals surface area contributed by atoms with Gasteiger partial charge in [0.05, 0.1) is 5.38 Å². The number of hydrogen-bond donors (Lipinski definition) is 1. The van der Waals surface area contributed by atoms with Crippen LogP contribution in [0.5, 0.6) is 5.88 Å². The van der Waals surface area contributed by atoms with Crippen LogP contribution in [0.2, 0.25) is 0 Å². The van der Waals surface area contributed by atoms with Gasteiger partial charge >= 0.3 is 4.87 Å². The molecule has 1 aliphatic heterocycles. The van der Waals surface area contributed by atoms with Gasteiger partial charge in [-0.15, -0.1) is 0 Å². The van der Waals surface area contributed by atoms with Gasteiger partial charge in [-0.3, -0.25) is 4.79 Å². The highest BCUT2D eigenvalue weighted by molar-refractivity contribution is 7.07. The summed E-state index contributed by atoms with van der Waals surface area (Å²) in [6.07, 6.45) is 0. The van der Waals surface area contributed by atoms with E-state index >= 15 is 0 Å². The molecule has 0 spiro atoms. The van der Waals surface area contributed by atoms with Crippen LogP contribution in [-0.4, -0.2) is 47.9 Å². The molecular formula is C8H13N3O2S. The van der Waals surface area contributed by atoms with Crippen molar-refractivity contribution in [1.29, 1.82) is 0 Å². The van der Waals surface area contributed by atoms with E-state index in [1.54, 1.807) is 0 Å². The Bertz CT molecular complexity index is 365. The Labute approximate surface area is 85.8 Å². The highest BCUT2D eigenvalue weighted by atomic mass is 32.1. The summed E-state index contributed by atoms with van der Waals surface area (Å²) in [4.78, 5) is 13.5. The first-order chi connectivity index (χ1) is 6.68. The van der Waals surface area contributed by atoms with Crippen molar-refractivity contribution in [2.75, 3.05) is 38.2 Å². The number of piperazine rings is 1. The first-order valence-electron chi connectivity index (χ1n) is 4.52. The number of nitrogens with zero attached hydrogens (tertiary/aromatic N) is 3. The molecule has 78 valence electrons. The Morgan fingerprint density at radius 2 is 2.00 bits per heavy atom. The van der Waals surface area contributed by atoms with E-state index in [0.29, 0.717) is 0 Å². The van der Waals surface area contributed by atoms with Gasteiger partial charge in [-0.1, -0.05) is 11.3 Å². The molecule has 1 saturated heterocycles. The first-order valence-corrected chi connectivity index (χ1v) is 5.40. The molecular weight excluding hydrogens is 202 g/mol. The molecule has 0 amide bonds. The van der Waals surface area contributed by atoms with Crippen LogP contribution in [0.3, 0.4) is 0 Å². The van der Waals surface area contributed by atoms with E-state index in [2.05, 4.69) is 4.90 Å². The van der Waals surface area contributed by atoms with Crippen molar-refractivity contribution >= 4 is 11.3 Å². The van der Waals surface area contributed by atoms with Crippen LogP contribution in [-0.2, 0) is 0 Å². The molecule has 1 fully saturated rings. The van der Waals surface area contributed by atoms with Gasteiger partial charge < -0.3 is 15.0 Å². The highest BCUT2D eigenvalue weighted by Crippen LogP contribution is 2.10. The second-order valence-corrected chi connectivity index (χ2v) is 4.25. The number of likely N-dealkylation sites (N-methyl/N-ethyl adjacent to an activating group) is 1. The SMILES string of the molecule is CN1CCN(n2c(O)csc2=O)CC1. The fourth-order valence-electron chi connectivity index (χ4n) is 1.55. The summed E-state index contributed by atoms with van der Waals surface area (Å²) in [5.74, 6) is 0.0459. The van der Waals surface area contributed by atoms with Crippen LogP contribution in [0.4, 0.5) is 0 Å². The lowest BCUT2D eigenvalue weighted by Gasteiger charge is -2.33. The lowest BCUT2D eigenvalue weighted by Crippen LogP contribution is -2.52. The van der Waals surface area contributed by atoms with Crippen LogP contribution < -0.4 is 9.88 Å². The van der Waals surface area contributed by atoms with Crippen molar-refractivity contribution in [1.82, 2.24) is 9.58 Å². The average Bonchev–Trinajstić information content (AvgIpc) is 2.49. The molecule has 0 aromatic carbocycles. The van der Waals surface area contributed by atoms with E-state index < -0.39 is 0 Å². The Morgan fingerprint density at radius 3 is 2.50 bits per heavy atom. The van der Waals surface area contributed by atoms with Crippen LogP contribution in [0, 0.1) is 0 Å². The predicted molar refractivity (Wildman–Crippen MR) is 55.7 cm³/mol. The summed E-state index contributed by atoms with van der Waals surface area (Å²) >= 11 is 1.03. The number of aromatic nitrogens is 1. The van der Waals surface area contributed by atoms with E-state index in [0.717, 1.165) is 37.5 Å². The summed E-state index contributed by atoms with van der Waals surface area (Å²) in [6, 6.07) is 0. The molecule has 0 unspecified atom stereocenters. The van der Waals surface area contributed by atoms with Gasteiger partial charge in [0.15, 0.2) is 0 Å². The van der Waals surface area contributed by atoms with E-state index in [1.165, 1.54) is 10.1 Å². The molecule has 0 radical (unpaired) electrons. The maximum atomic E-state index is 11.4. The zero-order chi connectivity index (χ0) is 10.1. The lowest BCUT2D eigenvalue weighted by molar-refractivity contribution is 0.276. The molecule has 2 rings (SSSR count). The lowest BCUT2D eigenvalue weighted by atomic mass is 10.4. The number of hydrogen-bond acceptors (Lipinski definition) is 5. The third-order valence-electron chi connectivity index (χ3n) is 2.42. The van der Waals surface area contributed by atoms with Gasteiger partial charge in [-0.05, 0) is 7.05 Å². The molecule has 14 heavy (non-hydrogen) atoms. The second kappa shape index (κ2) is 3.62. The maximum absolute atomic E-state index is 11.4. The molecule has 5 nitrogen and oxygen atoms in total. The summed E-state index contributed by atoms with van der Waals surface area (Å²) in [5.41, 5.74) is 0. The Morgan fingerprint density at radius 1 is 1.36 bits per heavy atom. The summed E-state index contributed by atoms with van der Waals surface area (Å²) in [5, 5.41) is 12.8. The largest absolute Gasteiger partial charge is 0.493 e. The van der Waals surface area contributed by atoms with Crippen molar-refractivity contribution in [3.63, 3.8) is 0 Å². The minimum absolute atomic E-state index is 0.0459. The Balaban J connectivity index is 2.20. The average molecular weight is 215 g/mol. The molecule has 1 aliphatic rings. The van der Waals surface area contributed by atoms with Crippen molar-refractivity contribution in [3.05, 3.63) is 15.0 Å². The molecule has 1 N–H and O–H groups in total. The number of thiazole rings is 1. The van der Waals surface area contributed by atoms with Crippen molar-refractivity contribution < 1.29 is 5.11 Å². The molecule has 0 aliphatic carbocycles. The molecule has 0 saturated carbocycles. The minimum Gasteiger partial charge on any atom is -0.493 e. The first kappa shape index (κ1) is 9.54. The van der Waals surface area contributed by atoms with Gasteiger partial charge in [0.2, 0.25) is 5.88 Å². The quantitative estimate of drug-likeness (QED) is 0.686. The predicted octanol–water partition coefficient (Wildman–Crippen LogP) is -0.501. The molecule has 1 aromatic heterocycles. The van der Waals surface area contributed by atoms with Gasteiger partial charge in [0.25, 0.3) is 0 Å². The van der Waals surface area contributed by atoms with E-state index in [4.69, 9.17) is 0 Å². The summed E-state index contributed by atoms with van der Waals surface area (Å²) < 4.78 is 1.36. The van der Waals surface area contributed by atoms with Crippen molar-refractivity contribution in [2.24, 2.45) is 0 Å². The Kier molecular flexibility index (Phi) is 2.47. The van der Waals surface area contributed by atoms with Crippen molar-refractivity contribution in [2.45, 2.75) is 0 Å². The normalized spacial score (nSPS) is 18.8. The van der Waals surface area contributed by atoms with Crippen LogP contribution >= 0.6 is 11.3 Å². The second-order valence-electron chi connectivity index (χ2n) is 3.43. The summed E-state index contributed by atoms with van der Waals surface area (Å²) in [6.45, 7) is 3.39. The van der Waals surface area contributed by atoms with E-state index in [9.17, 15) is 9.90 Å². The third kappa shape index (κ3) is 1.62. The van der Waals surface area contributed by atoms with Crippen LogP contribution in [0.25, 0.3) is 0 Å². The zero-order valence-corrected chi connectivity index (χ0v) is 8.83. The molecule has 0 bridgehead atoms. The summed E-state index contributed by atoms with van der Waals surface area (Å²) in [7, 11) is 2.05. The molecule has 6 heteroatoms. The van der Waals surface area contributed by atoms with Crippen molar-refractivity contribution in [3.8, 4) is 5.88 Å². The Hall–Kier alpha value is -1.01. The molecule has 1 aromatic rings. The number of rotatable bonds is 1. The standard InChI is InChI=1S/C8H13N3O2S/c1-9-2-4-10(5-3-9)11-7(12)6-14-8(11)13/h6,12H,2-5H2,1H3. The smallest absolute Gasteiger partial charge is 0.328 e. The van der Waals surface area contributed by atoms with E-state index in [1.807, 2.05) is 12.1 Å². The minimum atomic E-state index is -0.118. The number of aromatic hydroxyl groups is 1. The molecule has 2 heterocycles.